The lowest BCUT2D eigenvalue weighted by molar-refractivity contribution is -0.390. The van der Waals surface area contributed by atoms with E-state index in [0.717, 1.165) is 0 Å². The number of aromatic nitrogens is 4. The molecule has 0 saturated carbocycles. The maximum atomic E-state index is 13.1. The number of rotatable bonds is 5. The molecule has 0 fully saturated rings. The van der Waals surface area contributed by atoms with Gasteiger partial charge >= 0.3 is 5.82 Å². The first-order valence-electron chi connectivity index (χ1n) is 7.01. The van der Waals surface area contributed by atoms with Gasteiger partial charge in [-0.3, -0.25) is 9.48 Å². The number of halogens is 3. The smallest absolute Gasteiger partial charge is 0.357 e. The summed E-state index contributed by atoms with van der Waals surface area (Å²) in [6.07, 6.45) is 2.93. The van der Waals surface area contributed by atoms with Gasteiger partial charge in [0.15, 0.2) is 5.69 Å². The number of anilines is 1. The van der Waals surface area contributed by atoms with Crippen molar-refractivity contribution in [2.45, 2.75) is 6.54 Å². The lowest BCUT2D eigenvalue weighted by atomic mass is 10.2. The number of H-pyrrole nitrogens is 1. The Hall–Kier alpha value is -2.79. The topological polar surface area (TPSA) is 119 Å². The van der Waals surface area contributed by atoms with E-state index in [4.69, 9.17) is 11.6 Å². The second-order valence-corrected chi connectivity index (χ2v) is 6.31. The first-order chi connectivity index (χ1) is 12.3. The highest BCUT2D eigenvalue weighted by Gasteiger charge is 2.25. The highest BCUT2D eigenvalue weighted by atomic mass is 79.9. The van der Waals surface area contributed by atoms with Crippen molar-refractivity contribution in [2.24, 2.45) is 0 Å². The van der Waals surface area contributed by atoms with Gasteiger partial charge in [0.1, 0.15) is 10.3 Å². The number of benzene rings is 1. The van der Waals surface area contributed by atoms with E-state index in [9.17, 15) is 19.3 Å². The normalized spacial score (nSPS) is 10.7. The predicted molar refractivity (Wildman–Crippen MR) is 93.6 cm³/mol. The Balaban J connectivity index is 1.72. The van der Waals surface area contributed by atoms with Crippen LogP contribution in [0.2, 0.25) is 5.02 Å². The number of hydrogen-bond donors (Lipinski definition) is 2. The molecule has 12 heteroatoms. The van der Waals surface area contributed by atoms with Gasteiger partial charge in [-0.15, -0.1) is 5.10 Å². The van der Waals surface area contributed by atoms with Gasteiger partial charge in [-0.05, 0) is 38.5 Å². The SMILES string of the molecule is O=C(Nc1cnn(Cc2ccc(F)cc2Cl)c1)c1n[nH]c([N+](=O)[O-])c1Br. The van der Waals surface area contributed by atoms with E-state index in [1.807, 2.05) is 0 Å². The van der Waals surface area contributed by atoms with Crippen molar-refractivity contribution in [1.82, 2.24) is 20.0 Å². The second-order valence-electron chi connectivity index (χ2n) is 5.11. The largest absolute Gasteiger partial charge is 0.358 e. The molecule has 1 amide bonds. The number of carbonyl (C=O) groups is 1. The van der Waals surface area contributed by atoms with Gasteiger partial charge < -0.3 is 15.4 Å². The van der Waals surface area contributed by atoms with Gasteiger partial charge in [0.25, 0.3) is 5.91 Å². The summed E-state index contributed by atoms with van der Waals surface area (Å²) in [7, 11) is 0. The third kappa shape index (κ3) is 3.73. The fourth-order valence-electron chi connectivity index (χ4n) is 2.12. The average molecular weight is 444 g/mol. The molecule has 134 valence electrons. The molecule has 1 aromatic carbocycles. The third-order valence-electron chi connectivity index (χ3n) is 3.33. The van der Waals surface area contributed by atoms with E-state index < -0.39 is 22.5 Å². The minimum atomic E-state index is -0.696. The van der Waals surface area contributed by atoms with Crippen molar-refractivity contribution in [3.05, 3.63) is 67.3 Å². The minimum Gasteiger partial charge on any atom is -0.358 e. The number of aromatic amines is 1. The van der Waals surface area contributed by atoms with Crippen LogP contribution >= 0.6 is 27.5 Å². The molecule has 0 atom stereocenters. The second kappa shape index (κ2) is 7.22. The molecule has 0 aliphatic carbocycles. The zero-order valence-corrected chi connectivity index (χ0v) is 15.1. The maximum Gasteiger partial charge on any atom is 0.357 e. The number of carbonyl (C=O) groups excluding carboxylic acids is 1. The summed E-state index contributed by atoms with van der Waals surface area (Å²) in [5.41, 5.74) is 0.844. The van der Waals surface area contributed by atoms with Crippen molar-refractivity contribution in [1.29, 1.82) is 0 Å². The van der Waals surface area contributed by atoms with Crippen LogP contribution < -0.4 is 5.32 Å². The van der Waals surface area contributed by atoms with Gasteiger partial charge in [-0.2, -0.15) is 5.10 Å². The molecule has 0 saturated heterocycles. The summed E-state index contributed by atoms with van der Waals surface area (Å²) in [6.45, 7) is 0.270. The molecule has 3 aromatic rings. The molecule has 26 heavy (non-hydrogen) atoms. The van der Waals surface area contributed by atoms with Crippen LogP contribution in [-0.4, -0.2) is 30.8 Å². The molecule has 0 aliphatic rings. The lowest BCUT2D eigenvalue weighted by Crippen LogP contribution is -2.12. The van der Waals surface area contributed by atoms with Crippen LogP contribution in [0.3, 0.4) is 0 Å². The highest BCUT2D eigenvalue weighted by molar-refractivity contribution is 9.10. The summed E-state index contributed by atoms with van der Waals surface area (Å²) in [6, 6.07) is 4.03. The summed E-state index contributed by atoms with van der Waals surface area (Å²) in [5.74, 6) is -1.51. The van der Waals surface area contributed by atoms with E-state index in [1.54, 1.807) is 0 Å². The molecular formula is C14H9BrClFN6O3. The Kier molecular flexibility index (Phi) is 5.00. The monoisotopic (exact) mass is 442 g/mol. The summed E-state index contributed by atoms with van der Waals surface area (Å²) >= 11 is 8.94. The number of nitrogens with one attached hydrogen (secondary N) is 2. The zero-order chi connectivity index (χ0) is 18.8. The maximum absolute atomic E-state index is 13.1. The summed E-state index contributed by atoms with van der Waals surface area (Å²) in [5, 5.41) is 23.4. The van der Waals surface area contributed by atoms with E-state index in [-0.39, 0.29) is 21.7 Å². The molecule has 2 heterocycles. The first-order valence-corrected chi connectivity index (χ1v) is 8.18. The van der Waals surface area contributed by atoms with E-state index in [2.05, 4.69) is 36.5 Å². The standard InChI is InChI=1S/C14H9BrClFN6O3/c15-11-12(20-21-13(11)23(25)26)14(24)19-9-4-18-22(6-9)5-7-1-2-8(17)3-10(7)16/h1-4,6H,5H2,(H,19,24)(H,20,21). The van der Waals surface area contributed by atoms with Crippen molar-refractivity contribution < 1.29 is 14.1 Å². The van der Waals surface area contributed by atoms with Crippen LogP contribution in [0.15, 0.2) is 35.1 Å². The number of hydrogen-bond acceptors (Lipinski definition) is 5. The van der Waals surface area contributed by atoms with Crippen LogP contribution in [0.4, 0.5) is 15.9 Å². The molecule has 2 N–H and O–H groups in total. The van der Waals surface area contributed by atoms with Crippen molar-refractivity contribution >= 4 is 44.9 Å². The molecule has 3 rings (SSSR count). The molecule has 0 radical (unpaired) electrons. The lowest BCUT2D eigenvalue weighted by Gasteiger charge is -2.04. The fourth-order valence-corrected chi connectivity index (χ4v) is 2.85. The van der Waals surface area contributed by atoms with E-state index >= 15 is 0 Å². The summed E-state index contributed by atoms with van der Waals surface area (Å²) < 4.78 is 14.5. The number of amides is 1. The molecule has 9 nitrogen and oxygen atoms in total. The molecular weight excluding hydrogens is 435 g/mol. The number of nitro groups is 1. The fraction of sp³-hybridized carbons (Fsp3) is 0.0714. The predicted octanol–water partition coefficient (Wildman–Crippen LogP) is 3.37. The van der Waals surface area contributed by atoms with E-state index in [0.29, 0.717) is 11.3 Å². The zero-order valence-electron chi connectivity index (χ0n) is 12.7. The third-order valence-corrected chi connectivity index (χ3v) is 4.43. The number of nitrogens with zero attached hydrogens (tertiary/aromatic N) is 4. The van der Waals surface area contributed by atoms with Gasteiger partial charge in [0.2, 0.25) is 0 Å². The Morgan fingerprint density at radius 1 is 1.50 bits per heavy atom. The molecule has 0 unspecified atom stereocenters. The summed E-state index contributed by atoms with van der Waals surface area (Å²) in [4.78, 5) is 22.3. The van der Waals surface area contributed by atoms with Crippen LogP contribution in [0.5, 0.6) is 0 Å². The van der Waals surface area contributed by atoms with Crippen molar-refractivity contribution in [3.63, 3.8) is 0 Å². The van der Waals surface area contributed by atoms with Crippen molar-refractivity contribution in [3.8, 4) is 0 Å². The van der Waals surface area contributed by atoms with Crippen molar-refractivity contribution in [2.75, 3.05) is 5.32 Å². The average Bonchev–Trinajstić information content (AvgIpc) is 3.16. The quantitative estimate of drug-likeness (QED) is 0.463. The van der Waals surface area contributed by atoms with Gasteiger partial charge in [0.05, 0.1) is 18.4 Å². The molecule has 0 bridgehead atoms. The Bertz CT molecular complexity index is 1000. The van der Waals surface area contributed by atoms with Gasteiger partial charge in [-0.25, -0.2) is 4.39 Å². The van der Waals surface area contributed by atoms with Gasteiger partial charge in [-0.1, -0.05) is 22.8 Å². The van der Waals surface area contributed by atoms with Crippen LogP contribution in [0, 0.1) is 15.9 Å². The Morgan fingerprint density at radius 3 is 2.92 bits per heavy atom. The minimum absolute atomic E-state index is 0.0505. The van der Waals surface area contributed by atoms with E-state index in [1.165, 1.54) is 35.3 Å². The Labute approximate surface area is 158 Å². The van der Waals surface area contributed by atoms with Crippen LogP contribution in [-0.2, 0) is 6.54 Å². The van der Waals surface area contributed by atoms with Crippen LogP contribution in [0.25, 0.3) is 0 Å². The molecule has 2 aromatic heterocycles. The Morgan fingerprint density at radius 2 is 2.27 bits per heavy atom. The molecule has 0 spiro atoms. The van der Waals surface area contributed by atoms with Gasteiger partial charge in [0, 0.05) is 11.2 Å². The highest BCUT2D eigenvalue weighted by Crippen LogP contribution is 2.26. The first kappa shape index (κ1) is 18.0. The van der Waals surface area contributed by atoms with Crippen LogP contribution in [0.1, 0.15) is 16.1 Å². The molecule has 0 aliphatic heterocycles.